The number of anilines is 3. The normalized spacial score (nSPS) is 10.6. The Kier molecular flexibility index (Phi) is 6.73. The van der Waals surface area contributed by atoms with Crippen molar-refractivity contribution in [2.45, 2.75) is 26.4 Å². The van der Waals surface area contributed by atoms with Crippen LogP contribution in [0.3, 0.4) is 0 Å². The van der Waals surface area contributed by atoms with Gasteiger partial charge in [-0.25, -0.2) is 0 Å². The third-order valence-electron chi connectivity index (χ3n) is 3.86. The summed E-state index contributed by atoms with van der Waals surface area (Å²) in [6, 6.07) is 10.9. The third-order valence-corrected chi connectivity index (χ3v) is 5.13. The molecule has 0 bridgehead atoms. The molecular weight excluding hydrogens is 414 g/mol. The molecule has 2 heterocycles. The summed E-state index contributed by atoms with van der Waals surface area (Å²) in [6.45, 7) is 1.77. The van der Waals surface area contributed by atoms with Crippen LogP contribution in [0.4, 0.5) is 17.6 Å². The highest BCUT2D eigenvalue weighted by molar-refractivity contribution is 7.18. The number of hydrogen-bond acceptors (Lipinski definition) is 9. The number of ether oxygens (including phenoxy) is 1. The average molecular weight is 432 g/mol. The number of nitrogens with one attached hydrogen (secondary N) is 1. The monoisotopic (exact) mass is 431 g/mol. The van der Waals surface area contributed by atoms with Gasteiger partial charge in [-0.1, -0.05) is 29.8 Å². The third kappa shape index (κ3) is 5.97. The van der Waals surface area contributed by atoms with E-state index in [1.807, 2.05) is 31.2 Å². The van der Waals surface area contributed by atoms with E-state index in [-0.39, 0.29) is 43.0 Å². The van der Waals surface area contributed by atoms with E-state index in [1.165, 1.54) is 11.3 Å². The van der Waals surface area contributed by atoms with E-state index in [4.69, 9.17) is 22.1 Å². The van der Waals surface area contributed by atoms with Gasteiger partial charge in [-0.3, -0.25) is 9.59 Å². The van der Waals surface area contributed by atoms with Crippen LogP contribution in [-0.4, -0.2) is 26.7 Å². The number of carbonyl (C=O) groups excluding carboxylic acids is 2. The Hall–Kier alpha value is -3.04. The van der Waals surface area contributed by atoms with E-state index in [2.05, 4.69) is 20.3 Å². The van der Waals surface area contributed by atoms with Gasteiger partial charge in [0.1, 0.15) is 0 Å². The first-order chi connectivity index (χ1) is 13.9. The largest absolute Gasteiger partial charge is 0.457 e. The molecule has 0 aliphatic rings. The SMILES string of the molecule is Cc1ccccc1Nc1nc(N)nc(COC(=O)CCC(=O)c2ccc(Cl)s2)n1. The molecule has 0 aliphatic carbocycles. The summed E-state index contributed by atoms with van der Waals surface area (Å²) in [4.78, 5) is 36.7. The Bertz CT molecular complexity index is 1040. The summed E-state index contributed by atoms with van der Waals surface area (Å²) in [5.74, 6) is -0.228. The van der Waals surface area contributed by atoms with E-state index >= 15 is 0 Å². The summed E-state index contributed by atoms with van der Waals surface area (Å²) in [5, 5.41) is 3.06. The van der Waals surface area contributed by atoms with E-state index in [0.29, 0.717) is 9.21 Å². The predicted molar refractivity (Wildman–Crippen MR) is 111 cm³/mol. The van der Waals surface area contributed by atoms with E-state index < -0.39 is 5.97 Å². The zero-order valence-electron chi connectivity index (χ0n) is 15.5. The number of nitrogens with zero attached hydrogens (tertiary/aromatic N) is 3. The summed E-state index contributed by atoms with van der Waals surface area (Å²) < 4.78 is 5.68. The molecule has 0 amide bonds. The van der Waals surface area contributed by atoms with Crippen LogP contribution in [-0.2, 0) is 16.1 Å². The lowest BCUT2D eigenvalue weighted by atomic mass is 10.2. The van der Waals surface area contributed by atoms with Crippen molar-refractivity contribution < 1.29 is 14.3 Å². The number of halogens is 1. The summed E-state index contributed by atoms with van der Waals surface area (Å²) in [7, 11) is 0. The molecule has 10 heteroatoms. The minimum Gasteiger partial charge on any atom is -0.457 e. The van der Waals surface area contributed by atoms with Gasteiger partial charge < -0.3 is 15.8 Å². The zero-order chi connectivity index (χ0) is 20.8. The molecule has 3 N–H and O–H groups in total. The topological polar surface area (TPSA) is 120 Å². The first-order valence-corrected chi connectivity index (χ1v) is 9.87. The Balaban J connectivity index is 1.54. The maximum absolute atomic E-state index is 12.0. The van der Waals surface area contributed by atoms with Gasteiger partial charge >= 0.3 is 5.97 Å². The molecule has 8 nitrogen and oxygen atoms in total. The average Bonchev–Trinajstić information content (AvgIpc) is 3.12. The summed E-state index contributed by atoms with van der Waals surface area (Å²) in [5.41, 5.74) is 7.56. The number of benzene rings is 1. The van der Waals surface area contributed by atoms with Crippen LogP contribution in [0.1, 0.15) is 33.9 Å². The Morgan fingerprint density at radius 2 is 1.93 bits per heavy atom. The number of carbonyl (C=O) groups is 2. The second kappa shape index (κ2) is 9.44. The van der Waals surface area contributed by atoms with Gasteiger partial charge in [-0.15, -0.1) is 11.3 Å². The van der Waals surface area contributed by atoms with Gasteiger partial charge in [0, 0.05) is 12.1 Å². The van der Waals surface area contributed by atoms with Gasteiger partial charge in [0.25, 0.3) is 0 Å². The standard InChI is InChI=1S/C19H18ClN5O3S/c1-11-4-2-3-5-12(11)22-19-24-16(23-18(21)25-19)10-28-17(27)9-6-13(26)14-7-8-15(20)29-14/h2-5,7-8H,6,9-10H2,1H3,(H3,21,22,23,24,25). The van der Waals surface area contributed by atoms with Crippen LogP contribution in [0.5, 0.6) is 0 Å². The van der Waals surface area contributed by atoms with Crippen LogP contribution < -0.4 is 11.1 Å². The fourth-order valence-corrected chi connectivity index (χ4v) is 3.42. The number of aromatic nitrogens is 3. The van der Waals surface area contributed by atoms with Gasteiger partial charge in [-0.05, 0) is 30.7 Å². The van der Waals surface area contributed by atoms with Crippen LogP contribution in [0.15, 0.2) is 36.4 Å². The molecule has 0 atom stereocenters. The molecule has 0 spiro atoms. The van der Waals surface area contributed by atoms with Crippen molar-refractivity contribution >= 4 is 52.3 Å². The first-order valence-electron chi connectivity index (χ1n) is 8.68. The van der Waals surface area contributed by atoms with E-state index in [0.717, 1.165) is 11.3 Å². The van der Waals surface area contributed by atoms with Crippen molar-refractivity contribution in [3.63, 3.8) is 0 Å². The number of nitrogens with two attached hydrogens (primary N) is 1. The van der Waals surface area contributed by atoms with Gasteiger partial charge in [0.05, 0.1) is 15.6 Å². The van der Waals surface area contributed by atoms with Crippen LogP contribution in [0, 0.1) is 6.92 Å². The van der Waals surface area contributed by atoms with Crippen LogP contribution in [0.25, 0.3) is 0 Å². The summed E-state index contributed by atoms with van der Waals surface area (Å²) >= 11 is 6.99. The number of rotatable bonds is 8. The highest BCUT2D eigenvalue weighted by Crippen LogP contribution is 2.23. The van der Waals surface area contributed by atoms with Crippen molar-refractivity contribution in [2.75, 3.05) is 11.1 Å². The molecule has 3 aromatic rings. The van der Waals surface area contributed by atoms with Crippen LogP contribution >= 0.6 is 22.9 Å². The van der Waals surface area contributed by atoms with Crippen molar-refractivity contribution in [3.8, 4) is 0 Å². The Morgan fingerprint density at radius 1 is 1.14 bits per heavy atom. The minimum absolute atomic E-state index is 0.00638. The van der Waals surface area contributed by atoms with Crippen molar-refractivity contribution in [1.29, 1.82) is 0 Å². The van der Waals surface area contributed by atoms with E-state index in [9.17, 15) is 9.59 Å². The fraction of sp³-hybridized carbons (Fsp3) is 0.211. The predicted octanol–water partition coefficient (Wildman–Crippen LogP) is 3.93. The molecule has 0 saturated carbocycles. The number of thiophene rings is 1. The Morgan fingerprint density at radius 3 is 2.66 bits per heavy atom. The molecule has 3 rings (SSSR count). The molecule has 29 heavy (non-hydrogen) atoms. The molecule has 1 aromatic carbocycles. The highest BCUT2D eigenvalue weighted by Gasteiger charge is 2.13. The quantitative estimate of drug-likeness (QED) is 0.406. The molecule has 0 fully saturated rings. The Labute approximate surface area is 176 Å². The first kappa shape index (κ1) is 20.7. The fourth-order valence-electron chi connectivity index (χ4n) is 2.41. The molecule has 0 saturated heterocycles. The molecule has 2 aromatic heterocycles. The molecule has 0 unspecified atom stereocenters. The summed E-state index contributed by atoms with van der Waals surface area (Å²) in [6.07, 6.45) is -0.0155. The maximum Gasteiger partial charge on any atom is 0.306 e. The van der Waals surface area contributed by atoms with Gasteiger partial charge in [0.2, 0.25) is 11.9 Å². The number of hydrogen-bond donors (Lipinski definition) is 2. The molecular formula is C19H18ClN5O3S. The smallest absolute Gasteiger partial charge is 0.306 e. The number of esters is 1. The second-order valence-electron chi connectivity index (χ2n) is 6.06. The molecule has 0 aliphatic heterocycles. The zero-order valence-corrected chi connectivity index (χ0v) is 17.1. The maximum atomic E-state index is 12.0. The lowest BCUT2D eigenvalue weighted by Gasteiger charge is -2.09. The van der Waals surface area contributed by atoms with Gasteiger partial charge in [-0.2, -0.15) is 15.0 Å². The molecule has 150 valence electrons. The minimum atomic E-state index is -0.534. The number of nitrogen functional groups attached to an aromatic ring is 1. The number of para-hydroxylation sites is 1. The molecule has 0 radical (unpaired) electrons. The number of ketones is 1. The second-order valence-corrected chi connectivity index (χ2v) is 7.78. The van der Waals surface area contributed by atoms with E-state index in [1.54, 1.807) is 12.1 Å². The lowest BCUT2D eigenvalue weighted by molar-refractivity contribution is -0.145. The number of aryl methyl sites for hydroxylation is 1. The van der Waals surface area contributed by atoms with Gasteiger partial charge in [0.15, 0.2) is 18.2 Å². The van der Waals surface area contributed by atoms with Crippen molar-refractivity contribution in [3.05, 3.63) is 57.0 Å². The number of Topliss-reactive ketones (excluding diaryl/α,β-unsaturated/α-hetero) is 1. The van der Waals surface area contributed by atoms with Crippen LogP contribution in [0.2, 0.25) is 4.34 Å². The van der Waals surface area contributed by atoms with Crippen molar-refractivity contribution in [1.82, 2.24) is 15.0 Å². The lowest BCUT2D eigenvalue weighted by Crippen LogP contribution is -2.12. The highest BCUT2D eigenvalue weighted by atomic mass is 35.5. The van der Waals surface area contributed by atoms with Crippen molar-refractivity contribution in [2.24, 2.45) is 0 Å².